The molecule has 0 saturated carbocycles. The summed E-state index contributed by atoms with van der Waals surface area (Å²) in [4.78, 5) is 13.3. The number of hydrogen-bond acceptors (Lipinski definition) is 1. The molecule has 30 heavy (non-hydrogen) atoms. The molecule has 0 aliphatic carbocycles. The quantitative estimate of drug-likeness (QED) is 0.325. The van der Waals surface area contributed by atoms with Crippen LogP contribution in [0.5, 0.6) is 0 Å². The first-order valence-electron chi connectivity index (χ1n) is 9.56. The third kappa shape index (κ3) is 3.34. The van der Waals surface area contributed by atoms with Crippen LogP contribution < -0.4 is 0 Å². The van der Waals surface area contributed by atoms with E-state index in [2.05, 4.69) is 0 Å². The van der Waals surface area contributed by atoms with Gasteiger partial charge in [-0.2, -0.15) is 0 Å². The Kier molecular flexibility index (Phi) is 5.53. The first kappa shape index (κ1) is 20.1. The van der Waals surface area contributed by atoms with Crippen LogP contribution in [0.2, 0.25) is 0 Å². The molecule has 0 aromatic heterocycles. The van der Waals surface area contributed by atoms with E-state index in [0.29, 0.717) is 21.9 Å². The second-order valence-electron chi connectivity index (χ2n) is 7.18. The van der Waals surface area contributed by atoms with Gasteiger partial charge in [-0.05, 0) is 34.0 Å². The van der Waals surface area contributed by atoms with Crippen LogP contribution in [-0.2, 0) is 4.79 Å². The summed E-state index contributed by atoms with van der Waals surface area (Å²) in [6, 6.07) is 18.1. The molecule has 4 aromatic carbocycles. The minimum atomic E-state index is -1.26. The fourth-order valence-corrected chi connectivity index (χ4v) is 4.05. The van der Waals surface area contributed by atoms with Gasteiger partial charge in [0.1, 0.15) is 25.0 Å². The van der Waals surface area contributed by atoms with Gasteiger partial charge in [-0.15, -0.1) is 0 Å². The van der Waals surface area contributed by atoms with Gasteiger partial charge in [-0.25, -0.2) is 17.6 Å². The van der Waals surface area contributed by atoms with Crippen LogP contribution in [0.3, 0.4) is 0 Å². The normalized spacial score (nSPS) is 13.5. The van der Waals surface area contributed by atoms with E-state index in [1.807, 2.05) is 0 Å². The van der Waals surface area contributed by atoms with Crippen molar-refractivity contribution in [3.8, 4) is 0 Å². The summed E-state index contributed by atoms with van der Waals surface area (Å²) < 4.78 is 56.6. The number of alkyl halides is 2. The minimum absolute atomic E-state index is 0.269. The van der Waals surface area contributed by atoms with Crippen LogP contribution in [0.4, 0.5) is 17.6 Å². The summed E-state index contributed by atoms with van der Waals surface area (Å²) in [5, 5.41) is 1.36. The molecule has 152 valence electrons. The summed E-state index contributed by atoms with van der Waals surface area (Å²) >= 11 is 0. The maximum atomic E-state index is 14.2. The standard InChI is InChI=1S/C25H18F4O/c26-13-21(17-9-11-23(28)19-7-3-1-5-15(17)19)25(30)22(14-27)18-10-12-24(29)20-8-4-2-6-16(18)20/h1-12,21-22H,13-14H2. The highest BCUT2D eigenvalue weighted by Gasteiger charge is 2.32. The Bertz CT molecular complexity index is 1140. The molecule has 0 N–H and O–H groups in total. The third-order valence-electron chi connectivity index (χ3n) is 5.56. The number of rotatable bonds is 6. The molecule has 1 nitrogen and oxygen atoms in total. The van der Waals surface area contributed by atoms with Crippen molar-refractivity contribution in [1.82, 2.24) is 0 Å². The predicted molar refractivity (Wildman–Crippen MR) is 110 cm³/mol. The van der Waals surface area contributed by atoms with Crippen molar-refractivity contribution in [3.05, 3.63) is 95.6 Å². The molecule has 2 atom stereocenters. The van der Waals surface area contributed by atoms with Crippen molar-refractivity contribution in [2.24, 2.45) is 0 Å². The number of benzene rings is 4. The van der Waals surface area contributed by atoms with Crippen LogP contribution >= 0.6 is 0 Å². The number of ketones is 1. The van der Waals surface area contributed by atoms with Crippen LogP contribution in [0.15, 0.2) is 72.8 Å². The molecule has 4 aromatic rings. The zero-order valence-corrected chi connectivity index (χ0v) is 15.9. The first-order valence-corrected chi connectivity index (χ1v) is 9.56. The molecule has 0 aliphatic rings. The van der Waals surface area contributed by atoms with Gasteiger partial charge in [-0.3, -0.25) is 4.79 Å². The predicted octanol–water partition coefficient (Wildman–Crippen LogP) is 6.65. The van der Waals surface area contributed by atoms with Gasteiger partial charge in [-0.1, -0.05) is 60.7 Å². The lowest BCUT2D eigenvalue weighted by atomic mass is 9.82. The molecule has 0 aliphatic heterocycles. The monoisotopic (exact) mass is 410 g/mol. The van der Waals surface area contributed by atoms with Crippen LogP contribution in [-0.4, -0.2) is 19.1 Å². The Labute approximate surface area is 171 Å². The van der Waals surface area contributed by atoms with Gasteiger partial charge in [0, 0.05) is 10.8 Å². The average Bonchev–Trinajstić information content (AvgIpc) is 2.78. The van der Waals surface area contributed by atoms with E-state index in [4.69, 9.17) is 0 Å². The molecule has 2 unspecified atom stereocenters. The number of carbonyl (C=O) groups is 1. The van der Waals surface area contributed by atoms with Crippen molar-refractivity contribution in [2.45, 2.75) is 11.8 Å². The zero-order chi connectivity index (χ0) is 21.3. The lowest BCUT2D eigenvalue weighted by molar-refractivity contribution is -0.122. The molecule has 0 fully saturated rings. The lowest BCUT2D eigenvalue weighted by Crippen LogP contribution is -2.24. The minimum Gasteiger partial charge on any atom is -0.298 e. The van der Waals surface area contributed by atoms with Crippen LogP contribution in [0.25, 0.3) is 21.5 Å². The van der Waals surface area contributed by atoms with Crippen molar-refractivity contribution < 1.29 is 22.4 Å². The van der Waals surface area contributed by atoms with Gasteiger partial charge in [0.05, 0.1) is 11.8 Å². The van der Waals surface area contributed by atoms with E-state index in [9.17, 15) is 22.4 Å². The van der Waals surface area contributed by atoms with Gasteiger partial charge in [0.2, 0.25) is 0 Å². The molecule has 0 heterocycles. The van der Waals surface area contributed by atoms with E-state index < -0.39 is 42.6 Å². The molecular weight excluding hydrogens is 392 g/mol. The van der Waals surface area contributed by atoms with E-state index in [-0.39, 0.29) is 10.8 Å². The highest BCUT2D eigenvalue weighted by molar-refractivity contribution is 6.00. The smallest absolute Gasteiger partial charge is 0.153 e. The van der Waals surface area contributed by atoms with Crippen LogP contribution in [0.1, 0.15) is 23.0 Å². The van der Waals surface area contributed by atoms with Gasteiger partial charge in [0.25, 0.3) is 0 Å². The average molecular weight is 410 g/mol. The zero-order valence-electron chi connectivity index (χ0n) is 15.9. The second-order valence-corrected chi connectivity index (χ2v) is 7.18. The van der Waals surface area contributed by atoms with Gasteiger partial charge < -0.3 is 0 Å². The number of carbonyl (C=O) groups excluding carboxylic acids is 1. The molecule has 4 rings (SSSR count). The molecule has 5 heteroatoms. The van der Waals surface area contributed by atoms with Crippen molar-refractivity contribution >= 4 is 27.3 Å². The lowest BCUT2D eigenvalue weighted by Gasteiger charge is -2.22. The SMILES string of the molecule is O=C(C(CF)c1ccc(F)c2ccccc12)C(CF)c1ccc(F)c2ccccc12. The second kappa shape index (κ2) is 8.27. The molecule has 0 spiro atoms. The number of halogens is 4. The fourth-order valence-electron chi connectivity index (χ4n) is 4.05. The van der Waals surface area contributed by atoms with E-state index >= 15 is 0 Å². The Morgan fingerprint density at radius 2 is 0.967 bits per heavy atom. The van der Waals surface area contributed by atoms with E-state index in [1.165, 1.54) is 24.3 Å². The topological polar surface area (TPSA) is 17.1 Å². The van der Waals surface area contributed by atoms with Crippen molar-refractivity contribution in [1.29, 1.82) is 0 Å². The molecule has 0 saturated heterocycles. The number of fused-ring (bicyclic) bond motifs is 2. The Balaban J connectivity index is 1.83. The van der Waals surface area contributed by atoms with Crippen molar-refractivity contribution in [2.75, 3.05) is 13.3 Å². The molecular formula is C25H18F4O. The van der Waals surface area contributed by atoms with Gasteiger partial charge in [0.15, 0.2) is 5.78 Å². The highest BCUT2D eigenvalue weighted by Crippen LogP contribution is 2.35. The Morgan fingerprint density at radius 3 is 1.33 bits per heavy atom. The summed E-state index contributed by atoms with van der Waals surface area (Å²) in [6.07, 6.45) is 0. The Hall–Kier alpha value is -3.21. The summed E-state index contributed by atoms with van der Waals surface area (Å²) in [7, 11) is 0. The summed E-state index contributed by atoms with van der Waals surface area (Å²) in [5.74, 6) is -4.15. The van der Waals surface area contributed by atoms with Crippen LogP contribution in [0, 0.1) is 11.6 Å². The van der Waals surface area contributed by atoms with Crippen molar-refractivity contribution in [3.63, 3.8) is 0 Å². The first-order chi connectivity index (χ1) is 14.6. The molecule has 0 radical (unpaired) electrons. The summed E-state index contributed by atoms with van der Waals surface area (Å²) in [5.41, 5.74) is 0.619. The van der Waals surface area contributed by atoms with E-state index in [0.717, 1.165) is 0 Å². The van der Waals surface area contributed by atoms with E-state index in [1.54, 1.807) is 48.5 Å². The fraction of sp³-hybridized carbons (Fsp3) is 0.160. The maximum Gasteiger partial charge on any atom is 0.153 e. The molecule has 0 amide bonds. The number of hydrogen-bond donors (Lipinski definition) is 0. The summed E-state index contributed by atoms with van der Waals surface area (Å²) in [6.45, 7) is -2.10. The largest absolute Gasteiger partial charge is 0.298 e. The van der Waals surface area contributed by atoms with Gasteiger partial charge >= 0.3 is 0 Å². The third-order valence-corrected chi connectivity index (χ3v) is 5.56. The molecule has 0 bridgehead atoms. The Morgan fingerprint density at radius 1 is 0.600 bits per heavy atom. The number of Topliss-reactive ketones (excluding diaryl/α,β-unsaturated/α-hetero) is 1. The maximum absolute atomic E-state index is 14.2. The highest BCUT2D eigenvalue weighted by atomic mass is 19.1.